The molecule has 0 bridgehead atoms. The highest BCUT2D eigenvalue weighted by atomic mass is 19.4. The van der Waals surface area contributed by atoms with Crippen LogP contribution in [0.4, 0.5) is 52.7 Å². The van der Waals surface area contributed by atoms with Crippen molar-refractivity contribution in [2.75, 3.05) is 0 Å². The first-order valence-electron chi connectivity index (χ1n) is 24.7. The van der Waals surface area contributed by atoms with E-state index in [1.165, 1.54) is 115 Å². The summed E-state index contributed by atoms with van der Waals surface area (Å²) in [7, 11) is 0. The predicted molar refractivity (Wildman–Crippen MR) is 299 cm³/mol. The van der Waals surface area contributed by atoms with Crippen LogP contribution in [0.25, 0.3) is 78.9 Å². The molecular formula is C65H40F12N4O5. The molecule has 21 heteroatoms. The van der Waals surface area contributed by atoms with Gasteiger partial charge in [0.1, 0.15) is 34.7 Å². The Hall–Kier alpha value is -11.1. The summed E-state index contributed by atoms with van der Waals surface area (Å²) in [6, 6.07) is 35.3. The number of oxime groups is 1. The average Bonchev–Trinajstić information content (AvgIpc) is 0.878. The zero-order valence-electron chi connectivity index (χ0n) is 43.9. The molecule has 0 aliphatic heterocycles. The van der Waals surface area contributed by atoms with Crippen LogP contribution in [0.3, 0.4) is 0 Å². The number of carbonyl (C=O) groups excluding carboxylic acids is 1. The van der Waals surface area contributed by atoms with Gasteiger partial charge in [-0.05, 0) is 176 Å². The molecule has 0 aliphatic rings. The number of hydrogen-bond donors (Lipinski definition) is 5. The Balaban J connectivity index is 0.000000185. The van der Waals surface area contributed by atoms with Crippen molar-refractivity contribution in [3.63, 3.8) is 0 Å². The molecule has 9 nitrogen and oxygen atoms in total. The highest BCUT2D eigenvalue weighted by Crippen LogP contribution is 2.46. The lowest BCUT2D eigenvalue weighted by Crippen LogP contribution is -2.17. The van der Waals surface area contributed by atoms with Crippen molar-refractivity contribution < 1.29 is 78.0 Å². The van der Waals surface area contributed by atoms with Crippen LogP contribution < -0.4 is 5.73 Å². The van der Waals surface area contributed by atoms with E-state index in [0.29, 0.717) is 34.6 Å². The third-order valence-electron chi connectivity index (χ3n) is 13.0. The minimum Gasteiger partial charge on any atom is -0.508 e. The number of nitrogens with two attached hydrogens (primary N) is 1. The molecule has 434 valence electrons. The summed E-state index contributed by atoms with van der Waals surface area (Å²) in [6.07, 6.45) is -10.8. The van der Waals surface area contributed by atoms with Gasteiger partial charge in [-0.3, -0.25) is 4.79 Å². The molecule has 0 unspecified atom stereocenters. The molecule has 0 fully saturated rings. The largest absolute Gasteiger partial charge is 0.508 e. The topological polar surface area (TPSA) is 184 Å². The number of rotatable bonds is 10. The Bertz CT molecular complexity index is 4000. The zero-order valence-corrected chi connectivity index (χ0v) is 43.9. The standard InChI is InChI=1S/C22H16F4N2O2.C22H13F4NO.C21H11F4NO2/c1-2-12-3-6-15(23)11-18(12)20-17(13-4-7-16(29)8-5-13)9-14(22(24,25)26)10-19(20)21(27)28-30;1-2-13-3-6-17(23)11-20(13)21-15(12-27)9-16(22(24,25)26)10-19(21)14-4-7-18(28)8-5-14;22-16-4-1-13(11-27)19(9-16)20-14(10-26)7-15(21(23,24)25)8-18(20)12-2-5-17(28)6-3-12/h2-11,29-30H,1H2,(H2,27,28);2-11,28H,1H2;1-9,11,28H. The van der Waals surface area contributed by atoms with Gasteiger partial charge in [-0.25, -0.2) is 13.2 Å². The summed E-state index contributed by atoms with van der Waals surface area (Å²) in [5.41, 5.74) is 4.54. The molecule has 9 aromatic rings. The molecule has 0 amide bonds. The van der Waals surface area contributed by atoms with Crippen LogP contribution >= 0.6 is 0 Å². The number of aromatic hydroxyl groups is 3. The van der Waals surface area contributed by atoms with Gasteiger partial charge in [0.25, 0.3) is 0 Å². The van der Waals surface area contributed by atoms with E-state index in [9.17, 15) is 88.5 Å². The van der Waals surface area contributed by atoms with E-state index in [-0.39, 0.29) is 95.1 Å². The van der Waals surface area contributed by atoms with Crippen LogP contribution in [-0.4, -0.2) is 32.6 Å². The summed E-state index contributed by atoms with van der Waals surface area (Å²) in [5, 5.41) is 59.6. The van der Waals surface area contributed by atoms with Gasteiger partial charge in [0.05, 0.1) is 40.0 Å². The van der Waals surface area contributed by atoms with Crippen molar-refractivity contribution in [1.82, 2.24) is 0 Å². The molecule has 6 N–H and O–H groups in total. The summed E-state index contributed by atoms with van der Waals surface area (Å²) < 4.78 is 163. The Labute approximate surface area is 481 Å². The number of hydrogen-bond acceptors (Lipinski definition) is 8. The molecule has 86 heavy (non-hydrogen) atoms. The molecule has 0 aromatic heterocycles. The molecule has 0 spiro atoms. The Kier molecular flexibility index (Phi) is 18.6. The van der Waals surface area contributed by atoms with Crippen molar-refractivity contribution in [1.29, 1.82) is 10.5 Å². The minimum atomic E-state index is -4.72. The SMILES string of the molecule is C=Cc1ccc(F)cc1-c1c(/C(N)=N/O)cc(C(F)(F)F)cc1-c1ccc(O)cc1.C=Cc1ccc(F)cc1-c1c(C#N)cc(C(F)(F)F)cc1-c1ccc(O)cc1.N#Cc1cc(C(F)(F)F)cc(-c2ccc(O)cc2)c1-c1cc(F)ccc1C=O. The van der Waals surface area contributed by atoms with E-state index in [1.54, 1.807) is 12.1 Å². The van der Waals surface area contributed by atoms with Gasteiger partial charge in [0, 0.05) is 27.8 Å². The maximum Gasteiger partial charge on any atom is 0.416 e. The molecular weight excluding hydrogens is 1140 g/mol. The molecule has 0 saturated carbocycles. The van der Waals surface area contributed by atoms with Crippen LogP contribution in [0.5, 0.6) is 17.2 Å². The van der Waals surface area contributed by atoms with Crippen LogP contribution in [0.2, 0.25) is 0 Å². The van der Waals surface area contributed by atoms with Crippen molar-refractivity contribution in [2.45, 2.75) is 18.5 Å². The Morgan fingerprint density at radius 1 is 0.442 bits per heavy atom. The quantitative estimate of drug-likeness (QED) is 0.0224. The fourth-order valence-corrected chi connectivity index (χ4v) is 9.02. The average molecular weight is 1190 g/mol. The van der Waals surface area contributed by atoms with Gasteiger partial charge >= 0.3 is 18.5 Å². The van der Waals surface area contributed by atoms with Crippen molar-refractivity contribution in [3.05, 3.63) is 244 Å². The van der Waals surface area contributed by atoms with Gasteiger partial charge in [0.15, 0.2) is 12.1 Å². The van der Waals surface area contributed by atoms with Gasteiger partial charge in [-0.15, -0.1) is 0 Å². The van der Waals surface area contributed by atoms with E-state index in [0.717, 1.165) is 54.6 Å². The number of aldehydes is 1. The molecule has 0 radical (unpaired) electrons. The van der Waals surface area contributed by atoms with Crippen LogP contribution in [0.1, 0.15) is 54.9 Å². The number of phenolic OH excluding ortho intramolecular Hbond substituents is 3. The highest BCUT2D eigenvalue weighted by molar-refractivity contribution is 6.08. The van der Waals surface area contributed by atoms with E-state index in [1.807, 2.05) is 0 Å². The number of amidine groups is 1. The summed E-state index contributed by atoms with van der Waals surface area (Å²) >= 11 is 0. The van der Waals surface area contributed by atoms with Crippen LogP contribution in [0.15, 0.2) is 182 Å². The predicted octanol–water partition coefficient (Wildman–Crippen LogP) is 17.6. The third kappa shape index (κ3) is 14.0. The monoisotopic (exact) mass is 1180 g/mol. The lowest BCUT2D eigenvalue weighted by molar-refractivity contribution is -0.138. The maximum atomic E-state index is 14.1. The summed E-state index contributed by atoms with van der Waals surface area (Å²) in [5.74, 6) is -2.75. The lowest BCUT2D eigenvalue weighted by atomic mass is 9.86. The summed E-state index contributed by atoms with van der Waals surface area (Å²) in [4.78, 5) is 11.4. The van der Waals surface area contributed by atoms with Crippen LogP contribution in [-0.2, 0) is 18.5 Å². The maximum absolute atomic E-state index is 14.1. The minimum absolute atomic E-state index is 0.00258. The lowest BCUT2D eigenvalue weighted by Gasteiger charge is -2.20. The first-order valence-corrected chi connectivity index (χ1v) is 24.7. The fraction of sp³-hybridized carbons (Fsp3) is 0.0462. The Morgan fingerprint density at radius 2 is 0.744 bits per heavy atom. The molecule has 9 rings (SSSR count). The van der Waals surface area contributed by atoms with Gasteiger partial charge in [-0.2, -0.15) is 50.0 Å². The van der Waals surface area contributed by atoms with Crippen molar-refractivity contribution in [2.24, 2.45) is 10.9 Å². The smallest absolute Gasteiger partial charge is 0.416 e. The second-order valence-corrected chi connectivity index (χ2v) is 18.4. The van der Waals surface area contributed by atoms with Gasteiger partial charge < -0.3 is 26.3 Å². The number of benzene rings is 9. The number of alkyl halides is 9. The fourth-order valence-electron chi connectivity index (χ4n) is 9.02. The summed E-state index contributed by atoms with van der Waals surface area (Å²) in [6.45, 7) is 7.32. The third-order valence-corrected chi connectivity index (χ3v) is 13.0. The molecule has 0 atom stereocenters. The first-order chi connectivity index (χ1) is 40.6. The Morgan fingerprint density at radius 3 is 1.05 bits per heavy atom. The molecule has 0 heterocycles. The zero-order chi connectivity index (χ0) is 63.0. The van der Waals surface area contributed by atoms with E-state index < -0.39 is 58.5 Å². The van der Waals surface area contributed by atoms with Crippen LogP contribution in [0, 0.1) is 40.1 Å². The van der Waals surface area contributed by atoms with E-state index in [4.69, 9.17) is 5.73 Å². The second kappa shape index (κ2) is 25.6. The van der Waals surface area contributed by atoms with Gasteiger partial charge in [0.2, 0.25) is 0 Å². The molecule has 0 saturated heterocycles. The normalized spacial score (nSPS) is 11.4. The number of nitrogens with zero attached hydrogens (tertiary/aromatic N) is 3. The first kappa shape index (κ1) is 62.5. The van der Waals surface area contributed by atoms with Crippen molar-refractivity contribution >= 4 is 24.3 Å². The highest BCUT2D eigenvalue weighted by Gasteiger charge is 2.36. The van der Waals surface area contributed by atoms with E-state index in [2.05, 4.69) is 18.3 Å². The number of phenols is 3. The number of halogens is 12. The van der Waals surface area contributed by atoms with Gasteiger partial charge in [-0.1, -0.05) is 79.0 Å². The second-order valence-electron chi connectivity index (χ2n) is 18.4. The molecule has 0 aliphatic carbocycles. The van der Waals surface area contributed by atoms with Crippen molar-refractivity contribution in [3.8, 4) is 96.1 Å². The molecule has 9 aromatic carbocycles. The number of carbonyl (C=O) groups is 1. The number of nitriles is 2. The van der Waals surface area contributed by atoms with E-state index >= 15 is 0 Å².